The SMILES string of the molecule is C=C(CBr)c1ccc(OC(F)(F)F)cc1. The first-order valence-corrected chi connectivity index (χ1v) is 5.14. The number of hydrogen-bond acceptors (Lipinski definition) is 1. The molecule has 1 nitrogen and oxygen atoms in total. The molecule has 0 amide bonds. The summed E-state index contributed by atoms with van der Waals surface area (Å²) < 4.78 is 39.2. The largest absolute Gasteiger partial charge is 0.573 e. The molecule has 0 heterocycles. The Morgan fingerprint density at radius 1 is 1.27 bits per heavy atom. The van der Waals surface area contributed by atoms with Crippen LogP contribution >= 0.6 is 15.9 Å². The van der Waals surface area contributed by atoms with Crippen molar-refractivity contribution >= 4 is 21.5 Å². The first kappa shape index (κ1) is 12.1. The third-order valence-electron chi connectivity index (χ3n) is 1.66. The van der Waals surface area contributed by atoms with Crippen LogP contribution in [0.5, 0.6) is 5.75 Å². The molecule has 0 spiro atoms. The summed E-state index contributed by atoms with van der Waals surface area (Å²) in [6.07, 6.45) is -4.64. The van der Waals surface area contributed by atoms with Gasteiger partial charge in [-0.15, -0.1) is 13.2 Å². The molecule has 0 unspecified atom stereocenters. The van der Waals surface area contributed by atoms with Crippen molar-refractivity contribution in [2.75, 3.05) is 5.33 Å². The van der Waals surface area contributed by atoms with Gasteiger partial charge in [0.05, 0.1) is 0 Å². The molecule has 0 radical (unpaired) electrons. The molecule has 0 N–H and O–H groups in total. The van der Waals surface area contributed by atoms with E-state index in [2.05, 4.69) is 27.2 Å². The van der Waals surface area contributed by atoms with E-state index in [0.717, 1.165) is 11.1 Å². The van der Waals surface area contributed by atoms with Crippen LogP contribution in [0.3, 0.4) is 0 Å². The third kappa shape index (κ3) is 3.95. The van der Waals surface area contributed by atoms with Gasteiger partial charge in [0, 0.05) is 5.33 Å². The number of hydrogen-bond donors (Lipinski definition) is 0. The summed E-state index contributed by atoms with van der Waals surface area (Å²) in [4.78, 5) is 0. The zero-order valence-electron chi connectivity index (χ0n) is 7.64. The molecule has 0 atom stereocenters. The molecule has 5 heteroatoms. The maximum atomic E-state index is 11.8. The molecular formula is C10H8BrF3O. The van der Waals surface area contributed by atoms with Crippen molar-refractivity contribution in [1.29, 1.82) is 0 Å². The highest BCUT2D eigenvalue weighted by Gasteiger charge is 2.30. The minimum absolute atomic E-state index is 0.228. The Balaban J connectivity index is 2.77. The summed E-state index contributed by atoms with van der Waals surface area (Å²) in [6.45, 7) is 3.74. The van der Waals surface area contributed by atoms with Crippen LogP contribution in [0.2, 0.25) is 0 Å². The molecular weight excluding hydrogens is 273 g/mol. The van der Waals surface area contributed by atoms with Gasteiger partial charge in [0.25, 0.3) is 0 Å². The Morgan fingerprint density at radius 3 is 2.20 bits per heavy atom. The van der Waals surface area contributed by atoms with Crippen LogP contribution in [-0.4, -0.2) is 11.7 Å². The summed E-state index contributed by atoms with van der Waals surface area (Å²) in [5.41, 5.74) is 1.58. The minimum atomic E-state index is -4.64. The van der Waals surface area contributed by atoms with Gasteiger partial charge in [-0.05, 0) is 23.3 Å². The smallest absolute Gasteiger partial charge is 0.406 e. The summed E-state index contributed by atoms with van der Waals surface area (Å²) >= 11 is 3.21. The Kier molecular flexibility index (Phi) is 3.79. The average Bonchev–Trinajstić information content (AvgIpc) is 2.15. The first-order valence-electron chi connectivity index (χ1n) is 4.02. The van der Waals surface area contributed by atoms with Crippen molar-refractivity contribution in [3.8, 4) is 5.75 Å². The van der Waals surface area contributed by atoms with Crippen LogP contribution in [-0.2, 0) is 0 Å². The van der Waals surface area contributed by atoms with Gasteiger partial charge in [-0.3, -0.25) is 0 Å². The zero-order valence-corrected chi connectivity index (χ0v) is 9.23. The summed E-state index contributed by atoms with van der Waals surface area (Å²) in [5, 5.41) is 0.576. The number of ether oxygens (including phenoxy) is 1. The fourth-order valence-corrected chi connectivity index (χ4v) is 1.29. The van der Waals surface area contributed by atoms with Gasteiger partial charge in [-0.25, -0.2) is 0 Å². The minimum Gasteiger partial charge on any atom is -0.406 e. The molecule has 0 bridgehead atoms. The van der Waals surface area contributed by atoms with Crippen LogP contribution < -0.4 is 4.74 Å². The highest BCUT2D eigenvalue weighted by Crippen LogP contribution is 2.24. The van der Waals surface area contributed by atoms with Gasteiger partial charge in [0.2, 0.25) is 0 Å². The second-order valence-corrected chi connectivity index (χ2v) is 3.37. The fourth-order valence-electron chi connectivity index (χ4n) is 0.969. The lowest BCUT2D eigenvalue weighted by atomic mass is 10.1. The van der Waals surface area contributed by atoms with E-state index in [0.29, 0.717) is 5.33 Å². The molecule has 0 saturated heterocycles. The molecule has 0 aliphatic carbocycles. The van der Waals surface area contributed by atoms with Gasteiger partial charge >= 0.3 is 6.36 Å². The van der Waals surface area contributed by atoms with Crippen LogP contribution in [0.4, 0.5) is 13.2 Å². The second-order valence-electron chi connectivity index (χ2n) is 2.81. The van der Waals surface area contributed by atoms with Gasteiger partial charge in [-0.2, -0.15) is 0 Å². The molecule has 1 rings (SSSR count). The summed E-state index contributed by atoms with van der Waals surface area (Å²) in [7, 11) is 0. The second kappa shape index (κ2) is 4.70. The maximum Gasteiger partial charge on any atom is 0.573 e. The van der Waals surface area contributed by atoms with Gasteiger partial charge in [0.15, 0.2) is 0 Å². The Hall–Kier alpha value is -0.970. The van der Waals surface area contributed by atoms with Gasteiger partial charge in [-0.1, -0.05) is 34.6 Å². The molecule has 0 aliphatic heterocycles. The Morgan fingerprint density at radius 2 is 1.80 bits per heavy atom. The first-order chi connectivity index (χ1) is 6.92. The van der Waals surface area contributed by atoms with Crippen molar-refractivity contribution in [1.82, 2.24) is 0 Å². The normalized spacial score (nSPS) is 11.2. The van der Waals surface area contributed by atoms with Crippen LogP contribution in [0.1, 0.15) is 5.56 Å². The lowest BCUT2D eigenvalue weighted by Crippen LogP contribution is -2.16. The molecule has 0 saturated carbocycles. The molecule has 15 heavy (non-hydrogen) atoms. The summed E-state index contributed by atoms with van der Waals surface area (Å²) in [5.74, 6) is -0.228. The lowest BCUT2D eigenvalue weighted by Gasteiger charge is -2.09. The van der Waals surface area contributed by atoms with E-state index in [1.807, 2.05) is 0 Å². The monoisotopic (exact) mass is 280 g/mol. The molecule has 0 aliphatic rings. The van der Waals surface area contributed by atoms with Crippen LogP contribution in [0, 0.1) is 0 Å². The summed E-state index contributed by atoms with van der Waals surface area (Å²) in [6, 6.07) is 5.59. The molecule has 0 aromatic heterocycles. The maximum absolute atomic E-state index is 11.8. The molecule has 1 aromatic carbocycles. The van der Waals surface area contributed by atoms with Crippen LogP contribution in [0.15, 0.2) is 30.8 Å². The average molecular weight is 281 g/mol. The van der Waals surface area contributed by atoms with E-state index in [1.54, 1.807) is 0 Å². The van der Waals surface area contributed by atoms with E-state index >= 15 is 0 Å². The molecule has 0 fully saturated rings. The fraction of sp³-hybridized carbons (Fsp3) is 0.200. The number of rotatable bonds is 3. The van der Waals surface area contributed by atoms with Crippen molar-refractivity contribution < 1.29 is 17.9 Å². The number of benzene rings is 1. The number of halogens is 4. The van der Waals surface area contributed by atoms with E-state index in [-0.39, 0.29) is 5.75 Å². The highest BCUT2D eigenvalue weighted by molar-refractivity contribution is 9.09. The quantitative estimate of drug-likeness (QED) is 0.761. The van der Waals surface area contributed by atoms with Crippen molar-refractivity contribution in [3.63, 3.8) is 0 Å². The van der Waals surface area contributed by atoms with Crippen molar-refractivity contribution in [2.24, 2.45) is 0 Å². The lowest BCUT2D eigenvalue weighted by molar-refractivity contribution is -0.274. The molecule has 82 valence electrons. The van der Waals surface area contributed by atoms with E-state index in [9.17, 15) is 13.2 Å². The van der Waals surface area contributed by atoms with Gasteiger partial charge in [0.1, 0.15) is 5.75 Å². The van der Waals surface area contributed by atoms with E-state index in [4.69, 9.17) is 0 Å². The van der Waals surface area contributed by atoms with E-state index < -0.39 is 6.36 Å². The number of allylic oxidation sites excluding steroid dienone is 1. The Labute approximate surface area is 93.7 Å². The predicted molar refractivity (Wildman–Crippen MR) is 56.0 cm³/mol. The topological polar surface area (TPSA) is 9.23 Å². The van der Waals surface area contributed by atoms with Crippen molar-refractivity contribution in [3.05, 3.63) is 36.4 Å². The predicted octanol–water partition coefficient (Wildman–Crippen LogP) is 3.99. The standard InChI is InChI=1S/C10H8BrF3O/c1-7(6-11)8-2-4-9(5-3-8)15-10(12,13)14/h2-5H,1,6H2. The molecule has 1 aromatic rings. The van der Waals surface area contributed by atoms with E-state index in [1.165, 1.54) is 24.3 Å². The Bertz CT molecular complexity index is 343. The van der Waals surface area contributed by atoms with Crippen molar-refractivity contribution in [2.45, 2.75) is 6.36 Å². The van der Waals surface area contributed by atoms with Crippen LogP contribution in [0.25, 0.3) is 5.57 Å². The highest BCUT2D eigenvalue weighted by atomic mass is 79.9. The third-order valence-corrected chi connectivity index (χ3v) is 2.33. The van der Waals surface area contributed by atoms with Gasteiger partial charge < -0.3 is 4.74 Å². The number of alkyl halides is 4. The zero-order chi connectivity index (χ0) is 11.5.